The number of hydrogen-bond acceptors (Lipinski definition) is 0. The van der Waals surface area contributed by atoms with Gasteiger partial charge in [0.15, 0.2) is 0 Å². The Morgan fingerprint density at radius 3 is 2.19 bits per heavy atom. The first-order valence-electron chi connectivity index (χ1n) is 7.95. The van der Waals surface area contributed by atoms with Crippen molar-refractivity contribution in [3.05, 3.63) is 58.2 Å². The minimum absolute atomic E-state index is 0.110. The Morgan fingerprint density at radius 2 is 1.67 bits per heavy atom. The molecule has 21 heavy (non-hydrogen) atoms. The third kappa shape index (κ3) is 3.13. The SMILES string of the molecule is Cc1ccc([C@]2(I)CC=CC(C(C)C)=C2C(C)C)cc1C. The lowest BCUT2D eigenvalue weighted by atomic mass is 9.74. The molecule has 0 aliphatic heterocycles. The van der Waals surface area contributed by atoms with Crippen molar-refractivity contribution >= 4 is 22.6 Å². The molecule has 0 saturated carbocycles. The summed E-state index contributed by atoms with van der Waals surface area (Å²) in [5, 5.41) is 0. The van der Waals surface area contributed by atoms with Crippen molar-refractivity contribution in [3.8, 4) is 0 Å². The van der Waals surface area contributed by atoms with E-state index in [4.69, 9.17) is 0 Å². The van der Waals surface area contributed by atoms with Crippen molar-refractivity contribution in [2.45, 2.75) is 51.4 Å². The average molecular weight is 394 g/mol. The largest absolute Gasteiger partial charge is 0.0823 e. The number of aryl methyl sites for hydroxylation is 2. The van der Waals surface area contributed by atoms with E-state index in [0.717, 1.165) is 6.42 Å². The highest BCUT2D eigenvalue weighted by atomic mass is 127. The molecular formula is C20H27I. The Hall–Kier alpha value is -0.570. The fourth-order valence-electron chi connectivity index (χ4n) is 3.33. The van der Waals surface area contributed by atoms with E-state index >= 15 is 0 Å². The summed E-state index contributed by atoms with van der Waals surface area (Å²) in [5.41, 5.74) is 7.38. The number of rotatable bonds is 3. The van der Waals surface area contributed by atoms with Crippen LogP contribution in [0.3, 0.4) is 0 Å². The second-order valence-corrected chi connectivity index (χ2v) is 8.73. The van der Waals surface area contributed by atoms with E-state index in [-0.39, 0.29) is 3.42 Å². The maximum Gasteiger partial charge on any atom is 0.0721 e. The maximum absolute atomic E-state index is 2.70. The van der Waals surface area contributed by atoms with Gasteiger partial charge in [0.1, 0.15) is 0 Å². The van der Waals surface area contributed by atoms with E-state index in [2.05, 4.69) is 94.5 Å². The van der Waals surface area contributed by atoms with Crippen molar-refractivity contribution in [3.63, 3.8) is 0 Å². The van der Waals surface area contributed by atoms with Crippen LogP contribution in [0.4, 0.5) is 0 Å². The number of allylic oxidation sites excluding steroid dienone is 4. The third-order valence-electron chi connectivity index (χ3n) is 4.60. The van der Waals surface area contributed by atoms with Crippen molar-refractivity contribution in [1.29, 1.82) is 0 Å². The first kappa shape index (κ1) is 16.8. The summed E-state index contributed by atoms with van der Waals surface area (Å²) < 4.78 is 0.110. The summed E-state index contributed by atoms with van der Waals surface area (Å²) >= 11 is 2.70. The summed E-state index contributed by atoms with van der Waals surface area (Å²) in [4.78, 5) is 0. The number of halogens is 1. The highest BCUT2D eigenvalue weighted by Gasteiger charge is 2.37. The lowest BCUT2D eigenvalue weighted by Crippen LogP contribution is -2.28. The zero-order chi connectivity index (χ0) is 15.8. The maximum atomic E-state index is 2.70. The summed E-state index contributed by atoms with van der Waals surface area (Å²) in [5.74, 6) is 1.16. The van der Waals surface area contributed by atoms with Crippen LogP contribution in [-0.4, -0.2) is 0 Å². The van der Waals surface area contributed by atoms with Gasteiger partial charge in [-0.3, -0.25) is 0 Å². The van der Waals surface area contributed by atoms with Gasteiger partial charge in [-0.15, -0.1) is 0 Å². The third-order valence-corrected chi connectivity index (χ3v) is 6.24. The topological polar surface area (TPSA) is 0 Å². The molecule has 0 heterocycles. The van der Waals surface area contributed by atoms with Crippen LogP contribution < -0.4 is 0 Å². The number of benzene rings is 1. The quantitative estimate of drug-likeness (QED) is 0.405. The van der Waals surface area contributed by atoms with Crippen molar-refractivity contribution in [2.75, 3.05) is 0 Å². The molecule has 0 saturated heterocycles. The number of alkyl halides is 1. The van der Waals surface area contributed by atoms with Gasteiger partial charge in [0.05, 0.1) is 3.42 Å². The molecule has 0 amide bonds. The van der Waals surface area contributed by atoms with Gasteiger partial charge >= 0.3 is 0 Å². The fourth-order valence-corrected chi connectivity index (χ4v) is 4.86. The Morgan fingerprint density at radius 1 is 1.00 bits per heavy atom. The monoisotopic (exact) mass is 394 g/mol. The van der Waals surface area contributed by atoms with Crippen LogP contribution in [0.2, 0.25) is 0 Å². The molecule has 2 rings (SSSR count). The predicted octanol–water partition coefficient (Wildman–Crippen LogP) is 6.50. The molecule has 114 valence electrons. The van der Waals surface area contributed by atoms with Crippen LogP contribution in [0.25, 0.3) is 0 Å². The van der Waals surface area contributed by atoms with Crippen LogP contribution in [0.15, 0.2) is 41.5 Å². The van der Waals surface area contributed by atoms with Gasteiger partial charge in [0.25, 0.3) is 0 Å². The molecule has 1 aliphatic rings. The van der Waals surface area contributed by atoms with E-state index in [1.165, 1.54) is 22.3 Å². The van der Waals surface area contributed by atoms with E-state index in [1.54, 1.807) is 5.57 Å². The minimum Gasteiger partial charge on any atom is -0.0823 e. The zero-order valence-corrected chi connectivity index (χ0v) is 16.3. The average Bonchev–Trinajstić information content (AvgIpc) is 2.40. The van der Waals surface area contributed by atoms with E-state index in [9.17, 15) is 0 Å². The van der Waals surface area contributed by atoms with Crippen LogP contribution in [0, 0.1) is 25.7 Å². The Labute approximate surface area is 143 Å². The molecule has 0 radical (unpaired) electrons. The summed E-state index contributed by atoms with van der Waals surface area (Å²) in [7, 11) is 0. The first-order chi connectivity index (χ1) is 9.77. The zero-order valence-electron chi connectivity index (χ0n) is 14.1. The van der Waals surface area contributed by atoms with E-state index < -0.39 is 0 Å². The second kappa shape index (κ2) is 6.28. The number of hydrogen-bond donors (Lipinski definition) is 0. The molecule has 0 nitrogen and oxygen atoms in total. The molecule has 0 aromatic heterocycles. The summed E-state index contributed by atoms with van der Waals surface area (Å²) in [6.45, 7) is 13.7. The lowest BCUT2D eigenvalue weighted by molar-refractivity contribution is 0.594. The van der Waals surface area contributed by atoms with Gasteiger partial charge in [0.2, 0.25) is 0 Å². The Kier molecular flexibility index (Phi) is 5.02. The van der Waals surface area contributed by atoms with Gasteiger partial charge < -0.3 is 0 Å². The van der Waals surface area contributed by atoms with Gasteiger partial charge in [-0.25, -0.2) is 0 Å². The molecule has 1 aliphatic carbocycles. The lowest BCUT2D eigenvalue weighted by Gasteiger charge is -2.38. The predicted molar refractivity (Wildman–Crippen MR) is 102 cm³/mol. The van der Waals surface area contributed by atoms with Gasteiger partial charge in [-0.2, -0.15) is 0 Å². The molecule has 1 atom stereocenters. The fraction of sp³-hybridized carbons (Fsp3) is 0.500. The molecule has 1 heteroatoms. The van der Waals surface area contributed by atoms with Crippen LogP contribution in [-0.2, 0) is 3.42 Å². The van der Waals surface area contributed by atoms with E-state index in [0.29, 0.717) is 11.8 Å². The Balaban J connectivity index is 2.63. The summed E-state index contributed by atoms with van der Waals surface area (Å²) in [6.07, 6.45) is 5.82. The van der Waals surface area contributed by atoms with Gasteiger partial charge in [-0.05, 0) is 59.9 Å². The smallest absolute Gasteiger partial charge is 0.0721 e. The normalized spacial score (nSPS) is 22.5. The standard InChI is InChI=1S/C20H27I/c1-13(2)18-8-7-11-20(21,19(18)14(3)4)17-10-9-15(5)16(6)12-17/h7-10,12-14H,11H2,1-6H3/t20-/m1/s1. The van der Waals surface area contributed by atoms with Gasteiger partial charge in [0, 0.05) is 0 Å². The minimum atomic E-state index is 0.110. The Bertz CT molecular complexity index is 590. The molecule has 0 unspecified atom stereocenters. The highest BCUT2D eigenvalue weighted by molar-refractivity contribution is 14.1. The van der Waals surface area contributed by atoms with Crippen molar-refractivity contribution < 1.29 is 0 Å². The van der Waals surface area contributed by atoms with E-state index in [1.807, 2.05) is 0 Å². The van der Waals surface area contributed by atoms with Crippen LogP contribution in [0.1, 0.15) is 50.8 Å². The van der Waals surface area contributed by atoms with Gasteiger partial charge in [-0.1, -0.05) is 80.6 Å². The summed E-state index contributed by atoms with van der Waals surface area (Å²) in [6, 6.07) is 6.99. The molecule has 0 spiro atoms. The molecule has 0 bridgehead atoms. The molecule has 0 fully saturated rings. The van der Waals surface area contributed by atoms with Crippen molar-refractivity contribution in [1.82, 2.24) is 0 Å². The van der Waals surface area contributed by atoms with Crippen LogP contribution >= 0.6 is 22.6 Å². The molecule has 0 N–H and O–H groups in total. The molecular weight excluding hydrogens is 367 g/mol. The molecule has 1 aromatic carbocycles. The van der Waals surface area contributed by atoms with Crippen LogP contribution in [0.5, 0.6) is 0 Å². The highest BCUT2D eigenvalue weighted by Crippen LogP contribution is 2.50. The van der Waals surface area contributed by atoms with Crippen molar-refractivity contribution in [2.24, 2.45) is 11.8 Å². The molecule has 1 aromatic rings. The first-order valence-corrected chi connectivity index (χ1v) is 9.03. The second-order valence-electron chi connectivity index (χ2n) is 6.89.